The Morgan fingerprint density at radius 2 is 0.926 bits per heavy atom. The second-order valence-electron chi connectivity index (χ2n) is 6.40. The van der Waals surface area contributed by atoms with Gasteiger partial charge in [-0.3, -0.25) is 4.79 Å². The molecule has 0 spiro atoms. The standard InChI is InChI=1S/C16H32O2.C3H6O3.3Na.3H/c1-2-3-4-5-6-7-8-9-10-11-12-13-14-15-16(17)18;1-2(4)3(5)6;;;;;;/h2-15H2,1H3,(H,17,18);2,4H,1H3,(H,5,6);;;;;;. The molecular weight excluding hydrogens is 377 g/mol. The van der Waals surface area contributed by atoms with Crippen LogP contribution < -0.4 is 0 Å². The van der Waals surface area contributed by atoms with Gasteiger partial charge in [0.1, 0.15) is 6.10 Å². The molecule has 1 unspecified atom stereocenters. The molecule has 0 aliphatic carbocycles. The monoisotopic (exact) mass is 418 g/mol. The van der Waals surface area contributed by atoms with Gasteiger partial charge in [0.05, 0.1) is 0 Å². The van der Waals surface area contributed by atoms with Crippen LogP contribution in [0.4, 0.5) is 0 Å². The molecule has 0 bridgehead atoms. The van der Waals surface area contributed by atoms with Gasteiger partial charge in [0.2, 0.25) is 0 Å². The molecule has 3 N–H and O–H groups in total. The number of carbonyl (C=O) groups is 2. The molecule has 0 heterocycles. The minimum atomic E-state index is -1.23. The molecule has 150 valence electrons. The van der Waals surface area contributed by atoms with Crippen molar-refractivity contribution in [2.75, 3.05) is 0 Å². The second-order valence-corrected chi connectivity index (χ2v) is 6.40. The summed E-state index contributed by atoms with van der Waals surface area (Å²) in [6, 6.07) is 0. The Morgan fingerprint density at radius 3 is 1.15 bits per heavy atom. The van der Waals surface area contributed by atoms with E-state index in [0.29, 0.717) is 6.42 Å². The van der Waals surface area contributed by atoms with Crippen LogP contribution in [0.5, 0.6) is 0 Å². The van der Waals surface area contributed by atoms with Crippen molar-refractivity contribution >= 4 is 101 Å². The van der Waals surface area contributed by atoms with Crippen LogP contribution in [0.3, 0.4) is 0 Å². The molecule has 1 atom stereocenters. The predicted molar refractivity (Wildman–Crippen MR) is 119 cm³/mol. The van der Waals surface area contributed by atoms with E-state index in [0.717, 1.165) is 12.8 Å². The van der Waals surface area contributed by atoms with Gasteiger partial charge in [-0.15, -0.1) is 0 Å². The Bertz CT molecular complexity index is 303. The molecule has 0 aromatic rings. The molecule has 27 heavy (non-hydrogen) atoms. The molecule has 0 saturated carbocycles. The number of hydrogen-bond acceptors (Lipinski definition) is 3. The summed E-state index contributed by atoms with van der Waals surface area (Å²) >= 11 is 0. The van der Waals surface area contributed by atoms with Gasteiger partial charge in [-0.05, 0) is 13.3 Å². The summed E-state index contributed by atoms with van der Waals surface area (Å²) in [7, 11) is 0. The summed E-state index contributed by atoms with van der Waals surface area (Å²) in [5.41, 5.74) is 0. The van der Waals surface area contributed by atoms with E-state index in [9.17, 15) is 9.59 Å². The first-order valence-corrected chi connectivity index (χ1v) is 9.54. The van der Waals surface area contributed by atoms with Crippen LogP contribution in [0.25, 0.3) is 0 Å². The van der Waals surface area contributed by atoms with E-state index in [1.54, 1.807) is 0 Å². The first kappa shape index (κ1) is 39.4. The Hall–Kier alpha value is 1.90. The summed E-state index contributed by atoms with van der Waals surface area (Å²) in [5, 5.41) is 24.3. The molecule has 0 fully saturated rings. The molecule has 0 rings (SSSR count). The van der Waals surface area contributed by atoms with Crippen LogP contribution in [0.2, 0.25) is 0 Å². The van der Waals surface area contributed by atoms with Crippen molar-refractivity contribution in [2.45, 2.75) is 110 Å². The molecule has 0 aliphatic rings. The van der Waals surface area contributed by atoms with Gasteiger partial charge in [0.15, 0.2) is 0 Å². The summed E-state index contributed by atoms with van der Waals surface area (Å²) in [6.45, 7) is 3.46. The van der Waals surface area contributed by atoms with E-state index in [4.69, 9.17) is 15.3 Å². The number of aliphatic carboxylic acids is 2. The van der Waals surface area contributed by atoms with Crippen LogP contribution in [0.15, 0.2) is 0 Å². The van der Waals surface area contributed by atoms with E-state index >= 15 is 0 Å². The fourth-order valence-corrected chi connectivity index (χ4v) is 2.29. The van der Waals surface area contributed by atoms with Crippen molar-refractivity contribution in [1.82, 2.24) is 0 Å². The Kier molecular flexibility index (Phi) is 47.5. The number of hydrogen-bond donors (Lipinski definition) is 3. The van der Waals surface area contributed by atoms with E-state index in [1.807, 2.05) is 0 Å². The first-order valence-electron chi connectivity index (χ1n) is 9.54. The Labute approximate surface area is 232 Å². The SMILES string of the molecule is CC(O)C(=O)O.CCCCCCCCCCCCCCCC(=O)O.[NaH].[NaH].[NaH]. The van der Waals surface area contributed by atoms with Gasteiger partial charge in [0.25, 0.3) is 0 Å². The zero-order chi connectivity index (χ0) is 18.6. The summed E-state index contributed by atoms with van der Waals surface area (Å²) in [5.74, 6) is -1.84. The number of unbranched alkanes of at least 4 members (excludes halogenated alkanes) is 12. The number of carboxylic acid groups (broad SMARTS) is 2. The van der Waals surface area contributed by atoms with Crippen LogP contribution in [0, 0.1) is 0 Å². The molecule has 5 nitrogen and oxygen atoms in total. The maximum absolute atomic E-state index is 10.3. The van der Waals surface area contributed by atoms with Gasteiger partial charge >= 0.3 is 101 Å². The van der Waals surface area contributed by atoms with Crippen LogP contribution in [-0.4, -0.2) is 122 Å². The fraction of sp³-hybridized carbons (Fsp3) is 0.895. The molecule has 0 aromatic carbocycles. The molecule has 0 saturated heterocycles. The van der Waals surface area contributed by atoms with Crippen molar-refractivity contribution < 1.29 is 24.9 Å². The summed E-state index contributed by atoms with van der Waals surface area (Å²) < 4.78 is 0. The van der Waals surface area contributed by atoms with Crippen molar-refractivity contribution in [2.24, 2.45) is 0 Å². The topological polar surface area (TPSA) is 94.8 Å². The normalized spacial score (nSPS) is 10.2. The third kappa shape index (κ3) is 42.8. The molecule has 8 heteroatoms. The van der Waals surface area contributed by atoms with Gasteiger partial charge in [0, 0.05) is 6.42 Å². The van der Waals surface area contributed by atoms with Crippen molar-refractivity contribution in [3.8, 4) is 0 Å². The number of aliphatic hydroxyl groups is 1. The van der Waals surface area contributed by atoms with Crippen molar-refractivity contribution in [3.63, 3.8) is 0 Å². The number of carboxylic acids is 2. The van der Waals surface area contributed by atoms with Gasteiger partial charge in [-0.1, -0.05) is 84.0 Å². The van der Waals surface area contributed by atoms with E-state index in [-0.39, 0.29) is 88.7 Å². The zero-order valence-electron chi connectivity index (χ0n) is 15.6. The van der Waals surface area contributed by atoms with Crippen molar-refractivity contribution in [1.29, 1.82) is 0 Å². The van der Waals surface area contributed by atoms with Crippen molar-refractivity contribution in [3.05, 3.63) is 0 Å². The van der Waals surface area contributed by atoms with E-state index in [2.05, 4.69) is 6.92 Å². The molecule has 0 radical (unpaired) electrons. The maximum atomic E-state index is 10.3. The average Bonchev–Trinajstić information content (AvgIpc) is 2.52. The average molecular weight is 419 g/mol. The summed E-state index contributed by atoms with van der Waals surface area (Å²) in [6.07, 6.45) is 16.0. The van der Waals surface area contributed by atoms with Crippen LogP contribution in [-0.2, 0) is 9.59 Å². The second kappa shape index (κ2) is 32.6. The number of rotatable bonds is 15. The zero-order valence-corrected chi connectivity index (χ0v) is 15.6. The van der Waals surface area contributed by atoms with Gasteiger partial charge < -0.3 is 15.3 Å². The van der Waals surface area contributed by atoms with E-state index in [1.165, 1.54) is 77.6 Å². The third-order valence-corrected chi connectivity index (χ3v) is 3.85. The molecular formula is C19H41Na3O5. The summed E-state index contributed by atoms with van der Waals surface area (Å²) in [4.78, 5) is 19.7. The predicted octanol–water partition coefficient (Wildman–Crippen LogP) is 3.06. The number of aliphatic hydroxyl groups excluding tert-OH is 1. The van der Waals surface area contributed by atoms with E-state index < -0.39 is 18.0 Å². The Balaban J connectivity index is -0.000000156. The van der Waals surface area contributed by atoms with Gasteiger partial charge in [-0.2, -0.15) is 0 Å². The molecule has 0 amide bonds. The third-order valence-electron chi connectivity index (χ3n) is 3.85. The van der Waals surface area contributed by atoms with Crippen LogP contribution in [0.1, 0.15) is 104 Å². The molecule has 0 aliphatic heterocycles. The quantitative estimate of drug-likeness (QED) is 0.281. The molecule has 0 aromatic heterocycles. The minimum absolute atomic E-state index is 0. The van der Waals surface area contributed by atoms with Gasteiger partial charge in [-0.25, -0.2) is 4.79 Å². The van der Waals surface area contributed by atoms with Crippen LogP contribution >= 0.6 is 0 Å². The first-order chi connectivity index (χ1) is 11.4. The fourth-order valence-electron chi connectivity index (χ4n) is 2.29. The Morgan fingerprint density at radius 1 is 0.667 bits per heavy atom.